The Balaban J connectivity index is 2.35. The van der Waals surface area contributed by atoms with E-state index in [1.807, 2.05) is 6.07 Å². The number of fused-ring (bicyclic) bond motifs is 1. The molecule has 0 unspecified atom stereocenters. The topological polar surface area (TPSA) is 65.4 Å². The molecule has 0 radical (unpaired) electrons. The van der Waals surface area contributed by atoms with Crippen LogP contribution in [0.5, 0.6) is 0 Å². The summed E-state index contributed by atoms with van der Waals surface area (Å²) in [6, 6.07) is 3.59. The Hall–Kier alpha value is -0.540. The smallest absolute Gasteiger partial charge is 0.219 e. The molecule has 4 nitrogen and oxygen atoms in total. The normalized spacial score (nSPS) is 15.9. The quantitative estimate of drug-likeness (QED) is 0.539. The van der Waals surface area contributed by atoms with E-state index in [-0.39, 0.29) is 0 Å². The molecular weight excluding hydrogens is 187 g/mol. The van der Waals surface area contributed by atoms with E-state index in [2.05, 4.69) is 10.3 Å². The Bertz CT molecular complexity index is 317. The van der Waals surface area contributed by atoms with Crippen LogP contribution in [0.25, 0.3) is 0 Å². The average molecular weight is 198 g/mol. The fraction of sp³-hybridized carbons (Fsp3) is 0.375. The van der Waals surface area contributed by atoms with E-state index in [1.54, 1.807) is 6.07 Å². The summed E-state index contributed by atoms with van der Waals surface area (Å²) in [5.41, 5.74) is 2.55. The lowest BCUT2D eigenvalue weighted by Crippen LogP contribution is -2.26. The predicted molar refractivity (Wildman–Crippen MR) is 50.6 cm³/mol. The van der Waals surface area contributed by atoms with Gasteiger partial charge in [0.25, 0.3) is 0 Å². The first-order valence-electron chi connectivity index (χ1n) is 4.15. The molecule has 2 rings (SSSR count). The molecular formula is C8H11N2O2P. The van der Waals surface area contributed by atoms with Crippen molar-refractivity contribution in [3.63, 3.8) is 0 Å². The number of pyridine rings is 1. The molecule has 0 saturated heterocycles. The van der Waals surface area contributed by atoms with Crippen LogP contribution in [0.1, 0.15) is 11.3 Å². The zero-order chi connectivity index (χ0) is 9.26. The minimum atomic E-state index is -2.04. The van der Waals surface area contributed by atoms with Crippen molar-refractivity contribution in [2.24, 2.45) is 0 Å². The second-order valence-electron chi connectivity index (χ2n) is 2.99. The van der Waals surface area contributed by atoms with Gasteiger partial charge in [-0.05, 0) is 11.6 Å². The van der Waals surface area contributed by atoms with Crippen molar-refractivity contribution >= 4 is 13.8 Å². The predicted octanol–water partition coefficient (Wildman–Crippen LogP) is -0.351. The highest BCUT2D eigenvalue weighted by molar-refractivity contribution is 7.53. The Morgan fingerprint density at radius 2 is 2.23 bits per heavy atom. The van der Waals surface area contributed by atoms with Crippen LogP contribution in [0.2, 0.25) is 0 Å². The van der Waals surface area contributed by atoms with Gasteiger partial charge in [-0.15, -0.1) is 0 Å². The van der Waals surface area contributed by atoms with Crippen LogP contribution in [0.15, 0.2) is 12.1 Å². The third kappa shape index (κ3) is 1.86. The first kappa shape index (κ1) is 9.03. The van der Waals surface area contributed by atoms with Crippen LogP contribution in [0.3, 0.4) is 0 Å². The summed E-state index contributed by atoms with van der Waals surface area (Å²) in [7, 11) is -2.04. The molecule has 5 heteroatoms. The first-order valence-corrected chi connectivity index (χ1v) is 5.39. The Morgan fingerprint density at radius 1 is 1.38 bits per heavy atom. The highest BCUT2D eigenvalue weighted by atomic mass is 31.2. The molecule has 1 aromatic heterocycles. The summed E-state index contributed by atoms with van der Waals surface area (Å²) in [5.74, 6) is 0. The molecule has 3 N–H and O–H groups in total. The Kier molecular flexibility index (Phi) is 2.56. The van der Waals surface area contributed by atoms with E-state index in [0.717, 1.165) is 30.8 Å². The third-order valence-electron chi connectivity index (χ3n) is 2.11. The largest absolute Gasteiger partial charge is 0.346 e. The summed E-state index contributed by atoms with van der Waals surface area (Å²) in [6.45, 7) is 1.75. The summed E-state index contributed by atoms with van der Waals surface area (Å²) >= 11 is 0. The van der Waals surface area contributed by atoms with Gasteiger partial charge >= 0.3 is 0 Å². The second-order valence-corrected chi connectivity index (χ2v) is 4.03. The van der Waals surface area contributed by atoms with Gasteiger partial charge in [0.15, 0.2) is 0 Å². The molecule has 0 aliphatic carbocycles. The van der Waals surface area contributed by atoms with Gasteiger partial charge < -0.3 is 15.1 Å². The van der Waals surface area contributed by atoms with Gasteiger partial charge in [0.1, 0.15) is 5.44 Å². The molecule has 0 atom stereocenters. The highest BCUT2D eigenvalue weighted by Crippen LogP contribution is 2.21. The van der Waals surface area contributed by atoms with Crippen molar-refractivity contribution in [1.82, 2.24) is 10.3 Å². The number of hydrogen-bond donors (Lipinski definition) is 3. The van der Waals surface area contributed by atoms with Crippen molar-refractivity contribution in [3.05, 3.63) is 23.4 Å². The second kappa shape index (κ2) is 3.68. The average Bonchev–Trinajstić information content (AvgIpc) is 2.17. The SMILES string of the molecule is OP(O)c1ccc2c(n1)CCNC2. The van der Waals surface area contributed by atoms with Crippen molar-refractivity contribution in [2.75, 3.05) is 6.54 Å². The van der Waals surface area contributed by atoms with Crippen molar-refractivity contribution in [3.8, 4) is 0 Å². The van der Waals surface area contributed by atoms with Crippen molar-refractivity contribution < 1.29 is 9.79 Å². The van der Waals surface area contributed by atoms with E-state index in [0.29, 0.717) is 5.44 Å². The third-order valence-corrected chi connectivity index (χ3v) is 2.77. The first-order chi connectivity index (χ1) is 6.27. The lowest BCUT2D eigenvalue weighted by atomic mass is 10.1. The maximum atomic E-state index is 8.97. The summed E-state index contributed by atoms with van der Waals surface area (Å²) in [6.07, 6.45) is 0.867. The van der Waals surface area contributed by atoms with Gasteiger partial charge in [-0.2, -0.15) is 0 Å². The van der Waals surface area contributed by atoms with Gasteiger partial charge in [0.2, 0.25) is 8.38 Å². The van der Waals surface area contributed by atoms with Crippen LogP contribution in [-0.2, 0) is 13.0 Å². The molecule has 2 heterocycles. The van der Waals surface area contributed by atoms with Gasteiger partial charge in [-0.25, -0.2) is 4.98 Å². The molecule has 0 aromatic carbocycles. The van der Waals surface area contributed by atoms with Crippen molar-refractivity contribution in [1.29, 1.82) is 0 Å². The van der Waals surface area contributed by atoms with E-state index in [9.17, 15) is 0 Å². The van der Waals surface area contributed by atoms with E-state index in [4.69, 9.17) is 9.79 Å². The van der Waals surface area contributed by atoms with E-state index < -0.39 is 8.38 Å². The van der Waals surface area contributed by atoms with Gasteiger partial charge in [0.05, 0.1) is 0 Å². The van der Waals surface area contributed by atoms with Crippen molar-refractivity contribution in [2.45, 2.75) is 13.0 Å². The fourth-order valence-electron chi connectivity index (χ4n) is 1.44. The minimum absolute atomic E-state index is 0.399. The van der Waals surface area contributed by atoms with Crippen LogP contribution < -0.4 is 10.8 Å². The number of rotatable bonds is 1. The lowest BCUT2D eigenvalue weighted by molar-refractivity contribution is 0.495. The van der Waals surface area contributed by atoms with E-state index in [1.165, 1.54) is 0 Å². The maximum Gasteiger partial charge on any atom is 0.219 e. The molecule has 1 aliphatic heterocycles. The summed E-state index contributed by atoms with van der Waals surface area (Å²) < 4.78 is 0. The lowest BCUT2D eigenvalue weighted by Gasteiger charge is -2.16. The van der Waals surface area contributed by atoms with Gasteiger partial charge in [-0.3, -0.25) is 0 Å². The Labute approximate surface area is 77.6 Å². The number of nitrogens with zero attached hydrogens (tertiary/aromatic N) is 1. The van der Waals surface area contributed by atoms with Gasteiger partial charge in [-0.1, -0.05) is 6.07 Å². The highest BCUT2D eigenvalue weighted by Gasteiger charge is 2.13. The zero-order valence-electron chi connectivity index (χ0n) is 7.06. The molecule has 0 fully saturated rings. The van der Waals surface area contributed by atoms with Crippen LogP contribution in [0, 0.1) is 0 Å². The molecule has 70 valence electrons. The monoisotopic (exact) mass is 198 g/mol. The molecule has 1 aliphatic rings. The summed E-state index contributed by atoms with van der Waals surface area (Å²) in [4.78, 5) is 22.1. The number of nitrogens with one attached hydrogen (secondary N) is 1. The van der Waals surface area contributed by atoms with E-state index >= 15 is 0 Å². The molecule has 0 saturated carbocycles. The molecule has 0 amide bonds. The minimum Gasteiger partial charge on any atom is -0.346 e. The summed E-state index contributed by atoms with van der Waals surface area (Å²) in [5, 5.41) is 3.23. The Morgan fingerprint density at radius 3 is 3.00 bits per heavy atom. The molecule has 0 spiro atoms. The molecule has 13 heavy (non-hydrogen) atoms. The fourth-order valence-corrected chi connectivity index (χ4v) is 1.86. The van der Waals surface area contributed by atoms with Crippen LogP contribution >= 0.6 is 8.38 Å². The maximum absolute atomic E-state index is 8.97. The zero-order valence-corrected chi connectivity index (χ0v) is 7.96. The molecule has 0 bridgehead atoms. The van der Waals surface area contributed by atoms with Crippen LogP contribution in [-0.4, -0.2) is 21.3 Å². The van der Waals surface area contributed by atoms with Crippen LogP contribution in [0.4, 0.5) is 0 Å². The number of aromatic nitrogens is 1. The standard InChI is InChI=1S/C8H11N2O2P/c11-13(12)8-2-1-6-5-9-4-3-7(6)10-8/h1-2,9,11-12H,3-5H2. The van der Waals surface area contributed by atoms with Gasteiger partial charge in [0, 0.05) is 25.2 Å². The number of hydrogen-bond acceptors (Lipinski definition) is 4. The molecule has 1 aromatic rings.